The fraction of sp³-hybridized carbons (Fsp3) is 0.550. The Balaban J connectivity index is 1.62. The summed E-state index contributed by atoms with van der Waals surface area (Å²) in [5.74, 6) is 0.787. The minimum absolute atomic E-state index is 0.0744. The Bertz CT molecular complexity index is 612. The lowest BCUT2D eigenvalue weighted by Crippen LogP contribution is -2.52. The van der Waals surface area contributed by atoms with Crippen LogP contribution in [0.3, 0.4) is 0 Å². The van der Waals surface area contributed by atoms with E-state index < -0.39 is 12.8 Å². The molecule has 0 unspecified atom stereocenters. The van der Waals surface area contributed by atoms with Crippen LogP contribution in [0.15, 0.2) is 41.4 Å². The maximum absolute atomic E-state index is 12.0. The average molecular weight is 398 g/mol. The Morgan fingerprint density at radius 2 is 1.89 bits per heavy atom. The third-order valence-electron chi connectivity index (χ3n) is 4.37. The summed E-state index contributed by atoms with van der Waals surface area (Å²) >= 11 is 0. The molecule has 1 saturated heterocycles. The summed E-state index contributed by atoms with van der Waals surface area (Å²) in [7, 11) is 1.72. The minimum atomic E-state index is -4.26. The first-order valence-corrected chi connectivity index (χ1v) is 9.52. The highest BCUT2D eigenvalue weighted by atomic mass is 19.4. The molecule has 0 radical (unpaired) electrons. The summed E-state index contributed by atoms with van der Waals surface area (Å²) in [4.78, 5) is 8.83. The number of hydrogen-bond acceptors (Lipinski definition) is 3. The quantitative estimate of drug-likeness (QED) is 0.415. The lowest BCUT2D eigenvalue weighted by atomic mass is 10.2. The highest BCUT2D eigenvalue weighted by Crippen LogP contribution is 2.14. The van der Waals surface area contributed by atoms with Gasteiger partial charge in [-0.1, -0.05) is 42.5 Å². The molecule has 1 aromatic carbocycles. The third-order valence-corrected chi connectivity index (χ3v) is 4.37. The number of guanidine groups is 1. The molecular formula is C20H29F3N4O. The fourth-order valence-electron chi connectivity index (χ4n) is 2.94. The number of nitrogens with one attached hydrogen (secondary N) is 1. The maximum Gasteiger partial charge on any atom is 0.411 e. The number of benzene rings is 1. The fourth-order valence-corrected chi connectivity index (χ4v) is 2.94. The molecule has 1 aliphatic heterocycles. The van der Waals surface area contributed by atoms with Crippen LogP contribution in [0.1, 0.15) is 12.0 Å². The van der Waals surface area contributed by atoms with Gasteiger partial charge < -0.3 is 15.0 Å². The van der Waals surface area contributed by atoms with Crippen molar-refractivity contribution in [2.24, 2.45) is 4.99 Å². The van der Waals surface area contributed by atoms with E-state index in [1.54, 1.807) is 7.05 Å². The molecule has 28 heavy (non-hydrogen) atoms. The monoisotopic (exact) mass is 398 g/mol. The largest absolute Gasteiger partial charge is 0.411 e. The minimum Gasteiger partial charge on any atom is -0.372 e. The van der Waals surface area contributed by atoms with Crippen LogP contribution in [0.25, 0.3) is 6.08 Å². The number of rotatable bonds is 8. The van der Waals surface area contributed by atoms with E-state index in [0.29, 0.717) is 13.0 Å². The summed E-state index contributed by atoms with van der Waals surface area (Å²) in [5, 5.41) is 3.20. The molecule has 2 rings (SSSR count). The Labute approximate surface area is 164 Å². The van der Waals surface area contributed by atoms with Gasteiger partial charge in [-0.3, -0.25) is 9.89 Å². The molecule has 1 heterocycles. The van der Waals surface area contributed by atoms with Crippen molar-refractivity contribution in [2.45, 2.75) is 12.6 Å². The summed E-state index contributed by atoms with van der Waals surface area (Å²) in [6.45, 7) is 3.93. The number of halogens is 3. The summed E-state index contributed by atoms with van der Waals surface area (Å²) < 4.78 is 40.6. The second kappa shape index (κ2) is 11.7. The van der Waals surface area contributed by atoms with Crippen molar-refractivity contribution in [3.8, 4) is 0 Å². The Morgan fingerprint density at radius 1 is 1.18 bits per heavy atom. The normalized spacial score (nSPS) is 16.7. The van der Waals surface area contributed by atoms with E-state index in [4.69, 9.17) is 0 Å². The van der Waals surface area contributed by atoms with E-state index in [0.717, 1.165) is 38.7 Å². The molecular weight excluding hydrogens is 369 g/mol. The third kappa shape index (κ3) is 8.75. The topological polar surface area (TPSA) is 40.1 Å². The van der Waals surface area contributed by atoms with Gasteiger partial charge in [-0.05, 0) is 12.0 Å². The van der Waals surface area contributed by atoms with Gasteiger partial charge in [-0.15, -0.1) is 0 Å². The van der Waals surface area contributed by atoms with Crippen molar-refractivity contribution >= 4 is 12.0 Å². The van der Waals surface area contributed by atoms with Gasteiger partial charge in [0.15, 0.2) is 5.96 Å². The molecule has 0 saturated carbocycles. The SMILES string of the molecule is CN=C(NCCCOCC(F)(F)F)N1CCN(C/C=C/c2ccccc2)CC1. The predicted molar refractivity (Wildman–Crippen MR) is 106 cm³/mol. The van der Waals surface area contributed by atoms with Crippen molar-refractivity contribution in [1.29, 1.82) is 0 Å². The van der Waals surface area contributed by atoms with E-state index in [2.05, 4.69) is 49.1 Å². The standard InChI is InChI=1S/C20H29F3N4O/c1-24-19(25-10-6-16-28-17-20(21,22)23)27-14-12-26(13-15-27)11-5-9-18-7-3-2-4-8-18/h2-5,7-9H,6,10-17H2,1H3,(H,24,25)/b9-5+. The first kappa shape index (κ1) is 22.2. The lowest BCUT2D eigenvalue weighted by molar-refractivity contribution is -0.173. The average Bonchev–Trinajstić information content (AvgIpc) is 2.68. The van der Waals surface area contributed by atoms with E-state index in [9.17, 15) is 13.2 Å². The van der Waals surface area contributed by atoms with Crippen LogP contribution < -0.4 is 5.32 Å². The van der Waals surface area contributed by atoms with Gasteiger partial charge in [0.1, 0.15) is 6.61 Å². The lowest BCUT2D eigenvalue weighted by Gasteiger charge is -2.36. The Hall–Kier alpha value is -2.06. The predicted octanol–water partition coefficient (Wildman–Crippen LogP) is 2.86. The molecule has 156 valence electrons. The van der Waals surface area contributed by atoms with Crippen LogP contribution in [0, 0.1) is 0 Å². The van der Waals surface area contributed by atoms with E-state index in [-0.39, 0.29) is 6.61 Å². The number of aliphatic imine (C=N–C) groups is 1. The zero-order valence-corrected chi connectivity index (χ0v) is 16.3. The van der Waals surface area contributed by atoms with Gasteiger partial charge in [0.05, 0.1) is 0 Å². The van der Waals surface area contributed by atoms with Crippen LogP contribution >= 0.6 is 0 Å². The van der Waals surface area contributed by atoms with Gasteiger partial charge in [-0.2, -0.15) is 13.2 Å². The van der Waals surface area contributed by atoms with Crippen LogP contribution in [-0.4, -0.2) is 81.5 Å². The van der Waals surface area contributed by atoms with Gasteiger partial charge in [0, 0.05) is 52.9 Å². The number of hydrogen-bond donors (Lipinski definition) is 1. The smallest absolute Gasteiger partial charge is 0.372 e. The zero-order valence-electron chi connectivity index (χ0n) is 16.3. The van der Waals surface area contributed by atoms with Crippen molar-refractivity contribution in [3.05, 3.63) is 42.0 Å². The number of nitrogens with zero attached hydrogens (tertiary/aromatic N) is 3. The first-order chi connectivity index (χ1) is 13.5. The first-order valence-electron chi connectivity index (χ1n) is 9.52. The van der Waals surface area contributed by atoms with Crippen molar-refractivity contribution in [1.82, 2.24) is 15.1 Å². The highest BCUT2D eigenvalue weighted by molar-refractivity contribution is 5.79. The molecule has 1 aromatic rings. The molecule has 0 amide bonds. The molecule has 0 atom stereocenters. The molecule has 0 bridgehead atoms. The number of piperazine rings is 1. The number of ether oxygens (including phenoxy) is 1. The van der Waals surface area contributed by atoms with E-state index in [1.807, 2.05) is 18.2 Å². The molecule has 5 nitrogen and oxygen atoms in total. The second-order valence-corrected chi connectivity index (χ2v) is 6.60. The van der Waals surface area contributed by atoms with Crippen LogP contribution in [0.2, 0.25) is 0 Å². The van der Waals surface area contributed by atoms with Gasteiger partial charge in [-0.25, -0.2) is 0 Å². The molecule has 8 heteroatoms. The van der Waals surface area contributed by atoms with E-state index >= 15 is 0 Å². The Morgan fingerprint density at radius 3 is 2.54 bits per heavy atom. The summed E-state index contributed by atoms with van der Waals surface area (Å²) in [5.41, 5.74) is 1.20. The van der Waals surface area contributed by atoms with E-state index in [1.165, 1.54) is 5.56 Å². The van der Waals surface area contributed by atoms with Crippen molar-refractivity contribution in [3.63, 3.8) is 0 Å². The molecule has 0 aromatic heterocycles. The van der Waals surface area contributed by atoms with Crippen LogP contribution in [0.5, 0.6) is 0 Å². The van der Waals surface area contributed by atoms with Gasteiger partial charge in [0.2, 0.25) is 0 Å². The number of alkyl halides is 3. The van der Waals surface area contributed by atoms with Crippen molar-refractivity contribution in [2.75, 3.05) is 59.5 Å². The zero-order chi connectivity index (χ0) is 20.2. The van der Waals surface area contributed by atoms with Crippen molar-refractivity contribution < 1.29 is 17.9 Å². The highest BCUT2D eigenvalue weighted by Gasteiger charge is 2.27. The second-order valence-electron chi connectivity index (χ2n) is 6.60. The van der Waals surface area contributed by atoms with Crippen LogP contribution in [-0.2, 0) is 4.74 Å². The van der Waals surface area contributed by atoms with Gasteiger partial charge >= 0.3 is 6.18 Å². The molecule has 1 aliphatic rings. The molecule has 0 spiro atoms. The molecule has 1 fully saturated rings. The maximum atomic E-state index is 12.0. The summed E-state index contributed by atoms with van der Waals surface area (Å²) in [6.07, 6.45) is 0.547. The molecule has 1 N–H and O–H groups in total. The molecule has 0 aliphatic carbocycles. The van der Waals surface area contributed by atoms with Gasteiger partial charge in [0.25, 0.3) is 0 Å². The summed E-state index contributed by atoms with van der Waals surface area (Å²) in [6, 6.07) is 10.2. The van der Waals surface area contributed by atoms with Crippen LogP contribution in [0.4, 0.5) is 13.2 Å². The Kier molecular flexibility index (Phi) is 9.30.